The predicted octanol–water partition coefficient (Wildman–Crippen LogP) is 4.22. The lowest BCUT2D eigenvalue weighted by molar-refractivity contribution is 0.476. The lowest BCUT2D eigenvalue weighted by Gasteiger charge is -2.04. The van der Waals surface area contributed by atoms with Gasteiger partial charge in [0.2, 0.25) is 0 Å². The quantitative estimate of drug-likeness (QED) is 0.567. The van der Waals surface area contributed by atoms with E-state index in [4.69, 9.17) is 0 Å². The van der Waals surface area contributed by atoms with E-state index in [9.17, 15) is 5.11 Å². The molecular formula is C16H10N2OS. The van der Waals surface area contributed by atoms with E-state index in [1.807, 2.05) is 35.7 Å². The number of hydrogen-bond acceptors (Lipinski definition) is 4. The molecule has 0 spiro atoms. The van der Waals surface area contributed by atoms with E-state index in [1.54, 1.807) is 23.6 Å². The van der Waals surface area contributed by atoms with Crippen molar-refractivity contribution in [3.05, 3.63) is 54.0 Å². The smallest absolute Gasteiger partial charge is 0.160 e. The molecule has 3 aromatic heterocycles. The Balaban J connectivity index is 2.04. The molecule has 0 aliphatic carbocycles. The molecule has 0 radical (unpaired) electrons. The van der Waals surface area contributed by atoms with E-state index >= 15 is 0 Å². The highest BCUT2D eigenvalue weighted by molar-refractivity contribution is 7.17. The summed E-state index contributed by atoms with van der Waals surface area (Å²) in [7, 11) is 0. The van der Waals surface area contributed by atoms with Gasteiger partial charge in [0.05, 0.1) is 0 Å². The molecule has 4 rings (SSSR count). The molecule has 0 bridgehead atoms. The number of benzene rings is 1. The number of pyridine rings is 2. The first-order valence-corrected chi connectivity index (χ1v) is 7.12. The number of fused-ring (bicyclic) bond motifs is 2. The Morgan fingerprint density at radius 2 is 1.95 bits per heavy atom. The molecule has 0 atom stereocenters. The molecule has 1 N–H and O–H groups in total. The minimum absolute atomic E-state index is 0.189. The maximum Gasteiger partial charge on any atom is 0.160 e. The number of nitrogens with zero attached hydrogens (tertiary/aromatic N) is 2. The molecule has 1 aromatic carbocycles. The van der Waals surface area contributed by atoms with Gasteiger partial charge in [-0.05, 0) is 24.3 Å². The van der Waals surface area contributed by atoms with Crippen LogP contribution in [0.5, 0.6) is 5.75 Å². The zero-order valence-corrected chi connectivity index (χ0v) is 11.3. The van der Waals surface area contributed by atoms with E-state index in [-0.39, 0.29) is 5.75 Å². The average Bonchev–Trinajstić information content (AvgIpc) is 2.90. The van der Waals surface area contributed by atoms with Crippen molar-refractivity contribution >= 4 is 32.5 Å². The Morgan fingerprint density at radius 1 is 1.05 bits per heavy atom. The van der Waals surface area contributed by atoms with Gasteiger partial charge in [0.15, 0.2) is 5.65 Å². The maximum absolute atomic E-state index is 10.3. The van der Waals surface area contributed by atoms with Crippen molar-refractivity contribution in [2.75, 3.05) is 0 Å². The van der Waals surface area contributed by atoms with Crippen LogP contribution in [0.1, 0.15) is 0 Å². The SMILES string of the molecule is Oc1cc2cccnc2nc1-c1csc2ccccc12. The molecule has 0 fully saturated rings. The van der Waals surface area contributed by atoms with Crippen LogP contribution in [0.4, 0.5) is 0 Å². The van der Waals surface area contributed by atoms with Crippen molar-refractivity contribution in [3.63, 3.8) is 0 Å². The van der Waals surface area contributed by atoms with Crippen LogP contribution >= 0.6 is 11.3 Å². The van der Waals surface area contributed by atoms with Gasteiger partial charge < -0.3 is 5.11 Å². The van der Waals surface area contributed by atoms with Crippen LogP contribution in [0.25, 0.3) is 32.4 Å². The number of aromatic nitrogens is 2. The third-order valence-electron chi connectivity index (χ3n) is 3.31. The first kappa shape index (κ1) is 11.4. The molecule has 20 heavy (non-hydrogen) atoms. The van der Waals surface area contributed by atoms with Crippen LogP contribution in [-0.2, 0) is 0 Å². The fraction of sp³-hybridized carbons (Fsp3) is 0. The summed E-state index contributed by atoms with van der Waals surface area (Å²) < 4.78 is 1.19. The van der Waals surface area contributed by atoms with Gasteiger partial charge in [-0.25, -0.2) is 9.97 Å². The first-order chi connectivity index (χ1) is 9.83. The third-order valence-corrected chi connectivity index (χ3v) is 4.27. The molecule has 4 heteroatoms. The fourth-order valence-electron chi connectivity index (χ4n) is 2.35. The topological polar surface area (TPSA) is 46.0 Å². The molecule has 4 aromatic rings. The molecule has 0 saturated carbocycles. The van der Waals surface area contributed by atoms with Gasteiger partial charge in [-0.3, -0.25) is 0 Å². The second-order valence-electron chi connectivity index (χ2n) is 4.55. The van der Waals surface area contributed by atoms with Crippen LogP contribution in [0, 0.1) is 0 Å². The van der Waals surface area contributed by atoms with Crippen LogP contribution in [0.2, 0.25) is 0 Å². The van der Waals surface area contributed by atoms with Gasteiger partial charge in [-0.15, -0.1) is 11.3 Å². The van der Waals surface area contributed by atoms with E-state index in [0.29, 0.717) is 11.3 Å². The first-order valence-electron chi connectivity index (χ1n) is 6.24. The van der Waals surface area contributed by atoms with Crippen molar-refractivity contribution in [1.29, 1.82) is 0 Å². The monoisotopic (exact) mass is 278 g/mol. The maximum atomic E-state index is 10.3. The summed E-state index contributed by atoms with van der Waals surface area (Å²) in [6.07, 6.45) is 1.71. The van der Waals surface area contributed by atoms with Gasteiger partial charge in [0.1, 0.15) is 11.4 Å². The zero-order valence-electron chi connectivity index (χ0n) is 10.4. The summed E-state index contributed by atoms with van der Waals surface area (Å²) in [5, 5.41) is 14.2. The molecule has 3 heterocycles. The molecule has 96 valence electrons. The minimum Gasteiger partial charge on any atom is -0.506 e. The summed E-state index contributed by atoms with van der Waals surface area (Å²) in [5.74, 6) is 0.189. The van der Waals surface area contributed by atoms with Crippen molar-refractivity contribution in [3.8, 4) is 17.0 Å². The van der Waals surface area contributed by atoms with Gasteiger partial charge >= 0.3 is 0 Å². The lowest BCUT2D eigenvalue weighted by Crippen LogP contribution is -1.88. The van der Waals surface area contributed by atoms with E-state index in [0.717, 1.165) is 16.3 Å². The normalized spacial score (nSPS) is 11.2. The van der Waals surface area contributed by atoms with Crippen molar-refractivity contribution in [1.82, 2.24) is 9.97 Å². The predicted molar refractivity (Wildman–Crippen MR) is 82.0 cm³/mol. The molecule has 0 saturated heterocycles. The number of rotatable bonds is 1. The zero-order chi connectivity index (χ0) is 13.5. The van der Waals surface area contributed by atoms with E-state index in [1.165, 1.54) is 4.70 Å². The van der Waals surface area contributed by atoms with Crippen molar-refractivity contribution in [2.24, 2.45) is 0 Å². The molecular weight excluding hydrogens is 268 g/mol. The van der Waals surface area contributed by atoms with Crippen LogP contribution < -0.4 is 0 Å². The van der Waals surface area contributed by atoms with Crippen LogP contribution in [0.3, 0.4) is 0 Å². The summed E-state index contributed by atoms with van der Waals surface area (Å²) in [5.41, 5.74) is 2.19. The number of thiophene rings is 1. The average molecular weight is 278 g/mol. The standard InChI is InChI=1S/C16H10N2OS/c19-13-8-10-4-3-7-17-16(10)18-15(13)12-9-20-14-6-2-1-5-11(12)14/h1-9,19H. The Hall–Kier alpha value is -2.46. The number of aromatic hydroxyl groups is 1. The molecule has 0 aliphatic rings. The van der Waals surface area contributed by atoms with Crippen LogP contribution in [-0.4, -0.2) is 15.1 Å². The van der Waals surface area contributed by atoms with E-state index < -0.39 is 0 Å². The Kier molecular flexibility index (Phi) is 2.44. The summed E-state index contributed by atoms with van der Waals surface area (Å²) in [6, 6.07) is 13.6. The number of hydrogen-bond donors (Lipinski definition) is 1. The Labute approximate surface area is 119 Å². The molecule has 0 aliphatic heterocycles. The fourth-order valence-corrected chi connectivity index (χ4v) is 3.30. The highest BCUT2D eigenvalue weighted by atomic mass is 32.1. The van der Waals surface area contributed by atoms with Gasteiger partial charge in [-0.2, -0.15) is 0 Å². The van der Waals surface area contributed by atoms with E-state index in [2.05, 4.69) is 16.0 Å². The minimum atomic E-state index is 0.189. The van der Waals surface area contributed by atoms with Gasteiger partial charge in [0, 0.05) is 32.6 Å². The largest absolute Gasteiger partial charge is 0.506 e. The summed E-state index contributed by atoms with van der Waals surface area (Å²) in [6.45, 7) is 0. The Morgan fingerprint density at radius 3 is 2.90 bits per heavy atom. The molecule has 0 unspecified atom stereocenters. The van der Waals surface area contributed by atoms with Gasteiger partial charge in [-0.1, -0.05) is 18.2 Å². The Bertz CT molecular complexity index is 930. The van der Waals surface area contributed by atoms with Gasteiger partial charge in [0.25, 0.3) is 0 Å². The second kappa shape index (κ2) is 4.28. The lowest BCUT2D eigenvalue weighted by atomic mass is 10.1. The molecule has 3 nitrogen and oxygen atoms in total. The summed E-state index contributed by atoms with van der Waals surface area (Å²) >= 11 is 1.65. The van der Waals surface area contributed by atoms with Crippen molar-refractivity contribution in [2.45, 2.75) is 0 Å². The van der Waals surface area contributed by atoms with Crippen molar-refractivity contribution < 1.29 is 5.11 Å². The third kappa shape index (κ3) is 1.66. The highest BCUT2D eigenvalue weighted by Crippen LogP contribution is 2.37. The van der Waals surface area contributed by atoms with Crippen LogP contribution in [0.15, 0.2) is 54.0 Å². The molecule has 0 amide bonds. The summed E-state index contributed by atoms with van der Waals surface area (Å²) in [4.78, 5) is 8.77. The second-order valence-corrected chi connectivity index (χ2v) is 5.46. The highest BCUT2D eigenvalue weighted by Gasteiger charge is 2.13.